The molecule has 23 heavy (non-hydrogen) atoms. The lowest BCUT2D eigenvalue weighted by atomic mass is 9.91. The minimum absolute atomic E-state index is 0.00477. The zero-order valence-corrected chi connectivity index (χ0v) is 14.3. The van der Waals surface area contributed by atoms with Crippen LogP contribution in [0.3, 0.4) is 0 Å². The Labute approximate surface area is 139 Å². The fourth-order valence-corrected chi connectivity index (χ4v) is 3.98. The van der Waals surface area contributed by atoms with Crippen LogP contribution < -0.4 is 4.87 Å². The van der Waals surface area contributed by atoms with E-state index in [0.29, 0.717) is 18.9 Å². The highest BCUT2D eigenvalue weighted by molar-refractivity contribution is 7.07. The number of hydrogen-bond acceptors (Lipinski definition) is 4. The van der Waals surface area contributed by atoms with Crippen molar-refractivity contribution in [1.29, 1.82) is 0 Å². The fourth-order valence-electron chi connectivity index (χ4n) is 3.22. The molecule has 1 fully saturated rings. The first-order valence-electron chi connectivity index (χ1n) is 8.04. The number of rotatable bonds is 4. The van der Waals surface area contributed by atoms with Crippen LogP contribution in [-0.4, -0.2) is 21.9 Å². The van der Waals surface area contributed by atoms with Crippen LogP contribution in [0.2, 0.25) is 0 Å². The van der Waals surface area contributed by atoms with Crippen molar-refractivity contribution >= 4 is 17.2 Å². The normalized spacial score (nSPS) is 21.6. The highest BCUT2D eigenvalue weighted by atomic mass is 32.1. The van der Waals surface area contributed by atoms with Crippen molar-refractivity contribution in [3.05, 3.63) is 44.9 Å². The number of aryl methyl sites for hydroxylation is 1. The SMILES string of the molecule is Cc1csc(=O)n1CCC(=O)N1CC[C@H](C)C[C@@H]1c1ccco1. The van der Waals surface area contributed by atoms with Gasteiger partial charge in [-0.3, -0.25) is 9.59 Å². The second-order valence-corrected chi connectivity index (χ2v) is 7.11. The van der Waals surface area contributed by atoms with Crippen molar-refractivity contribution in [3.8, 4) is 0 Å². The summed E-state index contributed by atoms with van der Waals surface area (Å²) < 4.78 is 7.22. The van der Waals surface area contributed by atoms with Gasteiger partial charge in [-0.1, -0.05) is 18.3 Å². The predicted molar refractivity (Wildman–Crippen MR) is 89.5 cm³/mol. The van der Waals surface area contributed by atoms with Gasteiger partial charge in [-0.2, -0.15) is 0 Å². The number of thiazole rings is 1. The minimum Gasteiger partial charge on any atom is -0.467 e. The first-order chi connectivity index (χ1) is 11.1. The molecular weight excluding hydrogens is 312 g/mol. The molecule has 1 aliphatic heterocycles. The van der Waals surface area contributed by atoms with Crippen LogP contribution in [0.4, 0.5) is 0 Å². The van der Waals surface area contributed by atoms with E-state index in [-0.39, 0.29) is 16.8 Å². The molecule has 0 radical (unpaired) electrons. The summed E-state index contributed by atoms with van der Waals surface area (Å²) in [6.45, 7) is 5.31. The zero-order chi connectivity index (χ0) is 16.4. The van der Waals surface area contributed by atoms with Gasteiger partial charge in [0.1, 0.15) is 5.76 Å². The van der Waals surface area contributed by atoms with Crippen molar-refractivity contribution in [1.82, 2.24) is 9.47 Å². The summed E-state index contributed by atoms with van der Waals surface area (Å²) >= 11 is 1.18. The predicted octanol–water partition coefficient (Wildman–Crippen LogP) is 3.20. The minimum atomic E-state index is 0.00477. The monoisotopic (exact) mass is 334 g/mol. The lowest BCUT2D eigenvalue weighted by Gasteiger charge is -2.37. The first-order valence-corrected chi connectivity index (χ1v) is 8.92. The van der Waals surface area contributed by atoms with Crippen LogP contribution in [0.5, 0.6) is 0 Å². The maximum atomic E-state index is 12.7. The quantitative estimate of drug-likeness (QED) is 0.863. The number of hydrogen-bond donors (Lipinski definition) is 0. The second kappa shape index (κ2) is 6.74. The number of amides is 1. The summed E-state index contributed by atoms with van der Waals surface area (Å²) in [6.07, 6.45) is 3.95. The average Bonchev–Trinajstić information content (AvgIpc) is 3.16. The van der Waals surface area contributed by atoms with Gasteiger partial charge in [0.2, 0.25) is 5.91 Å². The van der Waals surface area contributed by atoms with Crippen LogP contribution in [0.25, 0.3) is 0 Å². The molecule has 2 atom stereocenters. The van der Waals surface area contributed by atoms with E-state index in [1.54, 1.807) is 10.8 Å². The van der Waals surface area contributed by atoms with Gasteiger partial charge < -0.3 is 13.9 Å². The van der Waals surface area contributed by atoms with Crippen LogP contribution in [0, 0.1) is 12.8 Å². The van der Waals surface area contributed by atoms with E-state index in [1.807, 2.05) is 29.3 Å². The number of piperidine rings is 1. The molecular formula is C17H22N2O3S. The van der Waals surface area contributed by atoms with Crippen LogP contribution in [0.1, 0.15) is 43.7 Å². The molecule has 1 aliphatic rings. The molecule has 2 aromatic rings. The Morgan fingerprint density at radius 1 is 1.48 bits per heavy atom. The molecule has 0 aromatic carbocycles. The molecule has 1 saturated heterocycles. The van der Waals surface area contributed by atoms with E-state index in [0.717, 1.165) is 30.8 Å². The Morgan fingerprint density at radius 3 is 2.96 bits per heavy atom. The Kier molecular flexibility index (Phi) is 4.71. The molecule has 0 bridgehead atoms. The molecule has 0 N–H and O–H groups in total. The molecule has 6 heteroatoms. The lowest BCUT2D eigenvalue weighted by molar-refractivity contribution is -0.136. The third-order valence-corrected chi connectivity index (χ3v) is 5.46. The number of furan rings is 1. The largest absolute Gasteiger partial charge is 0.467 e. The lowest BCUT2D eigenvalue weighted by Crippen LogP contribution is -2.41. The molecule has 1 amide bonds. The Bertz CT molecular complexity index is 717. The molecule has 124 valence electrons. The third kappa shape index (κ3) is 3.42. The standard InChI is InChI=1S/C17H22N2O3S/c1-12-5-7-19(14(10-12)15-4-3-9-22-15)16(20)6-8-18-13(2)11-23-17(18)21/h3-4,9,11-12,14H,5-8,10H2,1-2H3/t12-,14+/m0/s1. The third-order valence-electron chi connectivity index (χ3n) is 4.58. The smallest absolute Gasteiger partial charge is 0.307 e. The van der Waals surface area contributed by atoms with Crippen molar-refractivity contribution < 1.29 is 9.21 Å². The van der Waals surface area contributed by atoms with Gasteiger partial charge in [-0.25, -0.2) is 0 Å². The Balaban J connectivity index is 1.71. The van der Waals surface area contributed by atoms with Crippen molar-refractivity contribution in [2.45, 2.75) is 45.7 Å². The first kappa shape index (κ1) is 16.1. The van der Waals surface area contributed by atoms with Gasteiger partial charge >= 0.3 is 4.87 Å². The molecule has 5 nitrogen and oxygen atoms in total. The number of likely N-dealkylation sites (tertiary alicyclic amines) is 1. The van der Waals surface area contributed by atoms with Gasteiger partial charge in [0, 0.05) is 30.6 Å². The fraction of sp³-hybridized carbons (Fsp3) is 0.529. The van der Waals surface area contributed by atoms with Gasteiger partial charge in [-0.05, 0) is 37.8 Å². The summed E-state index contributed by atoms with van der Waals surface area (Å²) in [5.74, 6) is 1.53. The number of aromatic nitrogens is 1. The average molecular weight is 334 g/mol. The summed E-state index contributed by atoms with van der Waals surface area (Å²) in [5, 5.41) is 1.83. The summed E-state index contributed by atoms with van der Waals surface area (Å²) in [6, 6.07) is 3.82. The molecule has 0 aliphatic carbocycles. The maximum absolute atomic E-state index is 12.7. The van der Waals surface area contributed by atoms with E-state index >= 15 is 0 Å². The number of carbonyl (C=O) groups is 1. The molecule has 3 rings (SSSR count). The molecule has 0 unspecified atom stereocenters. The second-order valence-electron chi connectivity index (χ2n) is 6.29. The summed E-state index contributed by atoms with van der Waals surface area (Å²) in [7, 11) is 0. The Morgan fingerprint density at radius 2 is 2.30 bits per heavy atom. The van der Waals surface area contributed by atoms with E-state index in [1.165, 1.54) is 11.3 Å². The summed E-state index contributed by atoms with van der Waals surface area (Å²) in [5.41, 5.74) is 0.919. The van der Waals surface area contributed by atoms with Gasteiger partial charge in [0.05, 0.1) is 12.3 Å². The van der Waals surface area contributed by atoms with E-state index < -0.39 is 0 Å². The topological polar surface area (TPSA) is 55.5 Å². The molecule has 2 aromatic heterocycles. The summed E-state index contributed by atoms with van der Waals surface area (Å²) in [4.78, 5) is 26.4. The Hall–Kier alpha value is -1.82. The van der Waals surface area contributed by atoms with Crippen LogP contribution in [0.15, 0.2) is 33.0 Å². The van der Waals surface area contributed by atoms with E-state index in [2.05, 4.69) is 6.92 Å². The number of carbonyl (C=O) groups excluding carboxylic acids is 1. The van der Waals surface area contributed by atoms with Crippen molar-refractivity contribution in [2.75, 3.05) is 6.54 Å². The van der Waals surface area contributed by atoms with E-state index in [4.69, 9.17) is 4.42 Å². The highest BCUT2D eigenvalue weighted by Gasteiger charge is 2.32. The van der Waals surface area contributed by atoms with Gasteiger partial charge in [0.15, 0.2) is 0 Å². The highest BCUT2D eigenvalue weighted by Crippen LogP contribution is 2.34. The van der Waals surface area contributed by atoms with Gasteiger partial charge in [-0.15, -0.1) is 0 Å². The van der Waals surface area contributed by atoms with Gasteiger partial charge in [0.25, 0.3) is 0 Å². The molecule has 3 heterocycles. The van der Waals surface area contributed by atoms with E-state index in [9.17, 15) is 9.59 Å². The van der Waals surface area contributed by atoms with Crippen molar-refractivity contribution in [2.24, 2.45) is 5.92 Å². The zero-order valence-electron chi connectivity index (χ0n) is 13.5. The maximum Gasteiger partial charge on any atom is 0.307 e. The van der Waals surface area contributed by atoms with Crippen LogP contribution >= 0.6 is 11.3 Å². The molecule has 0 saturated carbocycles. The number of nitrogens with zero attached hydrogens (tertiary/aromatic N) is 2. The van der Waals surface area contributed by atoms with Crippen molar-refractivity contribution in [3.63, 3.8) is 0 Å². The molecule has 0 spiro atoms. The van der Waals surface area contributed by atoms with Crippen LogP contribution in [-0.2, 0) is 11.3 Å².